The predicted octanol–water partition coefficient (Wildman–Crippen LogP) is 1.23. The Hall–Kier alpha value is -1.10. The summed E-state index contributed by atoms with van der Waals surface area (Å²) in [4.78, 5) is 31.0. The topological polar surface area (TPSA) is 58.6 Å². The first-order chi connectivity index (χ1) is 8.38. The molecule has 18 heavy (non-hydrogen) atoms. The fourth-order valence-electron chi connectivity index (χ4n) is 2.14. The summed E-state index contributed by atoms with van der Waals surface area (Å²) in [5, 5.41) is 0. The van der Waals surface area contributed by atoms with Gasteiger partial charge in [-0.1, -0.05) is 0 Å². The van der Waals surface area contributed by atoms with Gasteiger partial charge >= 0.3 is 0 Å². The van der Waals surface area contributed by atoms with Crippen LogP contribution in [-0.2, 0) is 14.4 Å². The molecule has 102 valence electrons. The van der Waals surface area contributed by atoms with Gasteiger partial charge in [-0.25, -0.2) is 5.48 Å². The molecule has 1 heterocycles. The number of amides is 2. The van der Waals surface area contributed by atoms with E-state index in [4.69, 9.17) is 4.84 Å². The van der Waals surface area contributed by atoms with Crippen LogP contribution in [-0.4, -0.2) is 34.9 Å². The Labute approximate surface area is 108 Å². The number of carbonyl (C=O) groups is 2. The predicted molar refractivity (Wildman–Crippen MR) is 66.4 cm³/mol. The average Bonchev–Trinajstić information content (AvgIpc) is 3.01. The molecule has 0 aromatic carbocycles. The van der Waals surface area contributed by atoms with Crippen molar-refractivity contribution >= 4 is 11.8 Å². The lowest BCUT2D eigenvalue weighted by molar-refractivity contribution is -0.153. The quantitative estimate of drug-likeness (QED) is 0.771. The van der Waals surface area contributed by atoms with Gasteiger partial charge in [0, 0.05) is 12.5 Å². The molecule has 2 amide bonds. The zero-order chi connectivity index (χ0) is 13.3. The summed E-state index contributed by atoms with van der Waals surface area (Å²) in [6, 6.07) is -0.347. The van der Waals surface area contributed by atoms with Gasteiger partial charge in [0.05, 0.1) is 5.60 Å². The summed E-state index contributed by atoms with van der Waals surface area (Å²) in [5.41, 5.74) is 2.06. The Balaban J connectivity index is 1.90. The maximum atomic E-state index is 12.0. The highest BCUT2D eigenvalue weighted by atomic mass is 16.7. The van der Waals surface area contributed by atoms with Gasteiger partial charge in [0.25, 0.3) is 5.91 Å². The lowest BCUT2D eigenvalue weighted by Crippen LogP contribution is -2.48. The monoisotopic (exact) mass is 254 g/mol. The van der Waals surface area contributed by atoms with E-state index in [0.717, 1.165) is 25.7 Å². The number of hydroxylamine groups is 1. The van der Waals surface area contributed by atoms with Crippen LogP contribution < -0.4 is 5.48 Å². The number of nitrogens with one attached hydrogen (secondary N) is 1. The second-order valence-electron chi connectivity index (χ2n) is 6.14. The first-order valence-electron chi connectivity index (χ1n) is 6.67. The van der Waals surface area contributed by atoms with E-state index >= 15 is 0 Å². The first kappa shape index (κ1) is 13.3. The molecule has 0 spiro atoms. The Morgan fingerprint density at radius 1 is 1.22 bits per heavy atom. The smallest absolute Gasteiger partial charge is 0.266 e. The summed E-state index contributed by atoms with van der Waals surface area (Å²) < 4.78 is 0. The van der Waals surface area contributed by atoms with Crippen LogP contribution in [0.4, 0.5) is 0 Å². The van der Waals surface area contributed by atoms with Crippen LogP contribution in [0, 0.1) is 5.92 Å². The van der Waals surface area contributed by atoms with E-state index in [1.807, 2.05) is 20.8 Å². The standard InChI is InChI=1S/C13H22N2O3/c1-13(2,3)18-14-11(16)10-5-4-8-15(10)12(17)9-6-7-9/h9-10H,4-8H2,1-3H3,(H,14,16). The Morgan fingerprint density at radius 2 is 1.89 bits per heavy atom. The van der Waals surface area contributed by atoms with Crippen molar-refractivity contribution in [2.75, 3.05) is 6.54 Å². The van der Waals surface area contributed by atoms with Crippen molar-refractivity contribution in [3.63, 3.8) is 0 Å². The van der Waals surface area contributed by atoms with Gasteiger partial charge in [0.15, 0.2) is 0 Å². The van der Waals surface area contributed by atoms with Crippen molar-refractivity contribution in [1.29, 1.82) is 0 Å². The molecule has 1 atom stereocenters. The molecule has 1 aliphatic heterocycles. The van der Waals surface area contributed by atoms with E-state index in [9.17, 15) is 9.59 Å². The molecule has 0 radical (unpaired) electrons. The molecule has 1 aliphatic carbocycles. The van der Waals surface area contributed by atoms with E-state index in [2.05, 4.69) is 5.48 Å². The van der Waals surface area contributed by atoms with Crippen LogP contribution in [0.2, 0.25) is 0 Å². The zero-order valence-corrected chi connectivity index (χ0v) is 11.4. The maximum absolute atomic E-state index is 12.0. The number of likely N-dealkylation sites (tertiary alicyclic amines) is 1. The van der Waals surface area contributed by atoms with E-state index < -0.39 is 5.60 Å². The maximum Gasteiger partial charge on any atom is 0.266 e. The average molecular weight is 254 g/mol. The number of hydrogen-bond acceptors (Lipinski definition) is 3. The fraction of sp³-hybridized carbons (Fsp3) is 0.846. The Bertz CT molecular complexity index is 345. The highest BCUT2D eigenvalue weighted by Crippen LogP contribution is 2.33. The third kappa shape index (κ3) is 3.22. The summed E-state index contributed by atoms with van der Waals surface area (Å²) >= 11 is 0. The van der Waals surface area contributed by atoms with E-state index in [1.165, 1.54) is 0 Å². The highest BCUT2D eigenvalue weighted by molar-refractivity contribution is 5.89. The minimum absolute atomic E-state index is 0.142. The van der Waals surface area contributed by atoms with E-state index in [0.29, 0.717) is 6.54 Å². The van der Waals surface area contributed by atoms with Gasteiger partial charge in [-0.05, 0) is 46.5 Å². The number of rotatable bonds is 3. The normalized spacial score (nSPS) is 24.2. The fourth-order valence-corrected chi connectivity index (χ4v) is 2.14. The van der Waals surface area contributed by atoms with Gasteiger partial charge in [-0.15, -0.1) is 0 Å². The summed E-state index contributed by atoms with van der Waals surface area (Å²) in [5.74, 6) is 0.113. The van der Waals surface area contributed by atoms with Crippen LogP contribution in [0.25, 0.3) is 0 Å². The molecule has 0 aromatic rings. The third-order valence-electron chi connectivity index (χ3n) is 3.22. The summed E-state index contributed by atoms with van der Waals surface area (Å²) in [7, 11) is 0. The Morgan fingerprint density at radius 3 is 2.44 bits per heavy atom. The van der Waals surface area contributed by atoms with Crippen LogP contribution in [0.15, 0.2) is 0 Å². The summed E-state index contributed by atoms with van der Waals surface area (Å²) in [6.07, 6.45) is 3.58. The lowest BCUT2D eigenvalue weighted by atomic mass is 10.2. The second-order valence-corrected chi connectivity index (χ2v) is 6.14. The van der Waals surface area contributed by atoms with Crippen molar-refractivity contribution < 1.29 is 14.4 Å². The SMILES string of the molecule is CC(C)(C)ONC(=O)C1CCCN1C(=O)C1CC1. The van der Waals surface area contributed by atoms with Crippen LogP contribution >= 0.6 is 0 Å². The van der Waals surface area contributed by atoms with Gasteiger partial charge in [-0.2, -0.15) is 0 Å². The number of carbonyl (C=O) groups excluding carboxylic acids is 2. The van der Waals surface area contributed by atoms with E-state index in [1.54, 1.807) is 4.90 Å². The molecule has 1 saturated carbocycles. The van der Waals surface area contributed by atoms with Crippen molar-refractivity contribution in [3.05, 3.63) is 0 Å². The zero-order valence-electron chi connectivity index (χ0n) is 11.4. The third-order valence-corrected chi connectivity index (χ3v) is 3.22. The molecule has 2 aliphatic rings. The van der Waals surface area contributed by atoms with Crippen molar-refractivity contribution in [2.45, 2.75) is 58.1 Å². The Kier molecular flexibility index (Phi) is 3.61. The molecule has 0 aromatic heterocycles. The highest BCUT2D eigenvalue weighted by Gasteiger charge is 2.41. The van der Waals surface area contributed by atoms with Crippen LogP contribution in [0.3, 0.4) is 0 Å². The van der Waals surface area contributed by atoms with Crippen molar-refractivity contribution in [1.82, 2.24) is 10.4 Å². The molecule has 1 saturated heterocycles. The molecule has 1 N–H and O–H groups in total. The van der Waals surface area contributed by atoms with E-state index in [-0.39, 0.29) is 23.8 Å². The largest absolute Gasteiger partial charge is 0.330 e. The molecule has 2 rings (SSSR count). The molecular weight excluding hydrogens is 232 g/mol. The van der Waals surface area contributed by atoms with Gasteiger partial charge in [0.2, 0.25) is 5.91 Å². The minimum Gasteiger partial charge on any atom is -0.330 e. The van der Waals surface area contributed by atoms with Crippen molar-refractivity contribution in [2.24, 2.45) is 5.92 Å². The van der Waals surface area contributed by atoms with Gasteiger partial charge in [0.1, 0.15) is 6.04 Å². The van der Waals surface area contributed by atoms with Crippen molar-refractivity contribution in [3.8, 4) is 0 Å². The first-order valence-corrected chi connectivity index (χ1v) is 6.67. The molecule has 5 nitrogen and oxygen atoms in total. The van der Waals surface area contributed by atoms with Gasteiger partial charge in [-0.3, -0.25) is 14.4 Å². The molecule has 1 unspecified atom stereocenters. The molecule has 5 heteroatoms. The minimum atomic E-state index is -0.417. The number of hydrogen-bond donors (Lipinski definition) is 1. The van der Waals surface area contributed by atoms with Gasteiger partial charge < -0.3 is 4.90 Å². The molecule has 2 fully saturated rings. The number of nitrogens with zero attached hydrogens (tertiary/aromatic N) is 1. The van der Waals surface area contributed by atoms with Crippen LogP contribution in [0.5, 0.6) is 0 Å². The molecular formula is C13H22N2O3. The lowest BCUT2D eigenvalue weighted by Gasteiger charge is -2.26. The molecule has 0 bridgehead atoms. The second kappa shape index (κ2) is 4.88. The van der Waals surface area contributed by atoms with Crippen LogP contribution in [0.1, 0.15) is 46.5 Å². The summed E-state index contributed by atoms with van der Waals surface area (Å²) in [6.45, 7) is 6.31.